The average Bonchev–Trinajstić information content (AvgIpc) is 2.72. The SMILES string of the molecule is CCS(=O)(=O)Nc1ncc(Oc2ccc(F)cc2F)c(-c2cc(OC)c(=O)n(C)c2)n1. The lowest BCUT2D eigenvalue weighted by atomic mass is 10.2. The molecule has 0 amide bonds. The molecule has 0 aliphatic rings. The summed E-state index contributed by atoms with van der Waals surface area (Å²) in [5.41, 5.74) is -0.0727. The number of sulfonamides is 1. The van der Waals surface area contributed by atoms with E-state index in [1.807, 2.05) is 0 Å². The molecule has 164 valence electrons. The number of ether oxygens (including phenoxy) is 2. The van der Waals surface area contributed by atoms with Gasteiger partial charge in [-0.05, 0) is 25.1 Å². The monoisotopic (exact) mass is 452 g/mol. The predicted octanol–water partition coefficient (Wildman–Crippen LogP) is 2.68. The lowest BCUT2D eigenvalue weighted by Gasteiger charge is -2.14. The molecule has 1 N–H and O–H groups in total. The smallest absolute Gasteiger partial charge is 0.292 e. The molecule has 31 heavy (non-hydrogen) atoms. The number of anilines is 1. The second-order valence-corrected chi connectivity index (χ2v) is 8.31. The van der Waals surface area contributed by atoms with Gasteiger partial charge < -0.3 is 14.0 Å². The quantitative estimate of drug-likeness (QED) is 0.586. The molecule has 1 aromatic carbocycles. The van der Waals surface area contributed by atoms with Gasteiger partial charge in [-0.1, -0.05) is 0 Å². The normalized spacial score (nSPS) is 11.3. The fourth-order valence-electron chi connectivity index (χ4n) is 2.55. The summed E-state index contributed by atoms with van der Waals surface area (Å²) in [7, 11) is -0.885. The Hall–Kier alpha value is -3.54. The van der Waals surface area contributed by atoms with Crippen LogP contribution in [-0.4, -0.2) is 35.8 Å². The maximum atomic E-state index is 14.1. The highest BCUT2D eigenvalue weighted by atomic mass is 32.2. The third-order valence-corrected chi connectivity index (χ3v) is 5.39. The molecule has 2 heterocycles. The summed E-state index contributed by atoms with van der Waals surface area (Å²) in [6, 6.07) is 4.12. The van der Waals surface area contributed by atoms with Crippen molar-refractivity contribution < 1.29 is 26.7 Å². The van der Waals surface area contributed by atoms with Crippen LogP contribution < -0.4 is 19.8 Å². The van der Waals surface area contributed by atoms with E-state index in [1.165, 1.54) is 37.9 Å². The van der Waals surface area contributed by atoms with Gasteiger partial charge in [0.25, 0.3) is 5.56 Å². The van der Waals surface area contributed by atoms with Crippen LogP contribution in [0.25, 0.3) is 11.3 Å². The minimum atomic E-state index is -3.68. The number of nitrogens with zero attached hydrogens (tertiary/aromatic N) is 3. The number of halogens is 2. The van der Waals surface area contributed by atoms with Crippen molar-refractivity contribution in [3.8, 4) is 28.5 Å². The number of hydrogen-bond acceptors (Lipinski definition) is 7. The van der Waals surface area contributed by atoms with Crippen molar-refractivity contribution in [3.05, 3.63) is 58.6 Å². The highest BCUT2D eigenvalue weighted by molar-refractivity contribution is 7.92. The average molecular weight is 452 g/mol. The number of methoxy groups -OCH3 is 1. The molecule has 9 nitrogen and oxygen atoms in total. The van der Waals surface area contributed by atoms with Gasteiger partial charge in [0.1, 0.15) is 11.5 Å². The van der Waals surface area contributed by atoms with Crippen molar-refractivity contribution in [2.45, 2.75) is 6.92 Å². The molecule has 0 radical (unpaired) electrons. The van der Waals surface area contributed by atoms with Gasteiger partial charge in [-0.25, -0.2) is 27.2 Å². The van der Waals surface area contributed by atoms with Crippen LogP contribution in [0.1, 0.15) is 6.92 Å². The number of hydrogen-bond donors (Lipinski definition) is 1. The zero-order valence-corrected chi connectivity index (χ0v) is 17.5. The fourth-order valence-corrected chi connectivity index (χ4v) is 3.07. The molecule has 0 spiro atoms. The summed E-state index contributed by atoms with van der Waals surface area (Å²) in [6.45, 7) is 1.44. The van der Waals surface area contributed by atoms with Crippen molar-refractivity contribution >= 4 is 16.0 Å². The second kappa shape index (κ2) is 8.68. The highest BCUT2D eigenvalue weighted by Gasteiger charge is 2.18. The third-order valence-electron chi connectivity index (χ3n) is 4.14. The van der Waals surface area contributed by atoms with E-state index in [0.29, 0.717) is 11.6 Å². The Morgan fingerprint density at radius 2 is 1.90 bits per heavy atom. The van der Waals surface area contributed by atoms with Crippen LogP contribution in [0.2, 0.25) is 0 Å². The van der Waals surface area contributed by atoms with Crippen molar-refractivity contribution in [2.75, 3.05) is 17.6 Å². The number of aryl methyl sites for hydroxylation is 1. The minimum absolute atomic E-state index is 0.00628. The van der Waals surface area contributed by atoms with Gasteiger partial charge in [-0.3, -0.25) is 9.52 Å². The standard InChI is InChI=1S/C19H18F2N4O5S/c1-4-31(27,28)24-19-22-9-16(30-14-6-5-12(20)8-13(14)21)17(23-19)11-7-15(29-3)18(26)25(2)10-11/h5-10H,4H2,1-3H3,(H,22,23,24). The first kappa shape index (κ1) is 22.2. The lowest BCUT2D eigenvalue weighted by Crippen LogP contribution is -2.18. The molecule has 0 atom stereocenters. The van der Waals surface area contributed by atoms with E-state index in [1.54, 1.807) is 0 Å². The summed E-state index contributed by atoms with van der Waals surface area (Å²) in [5.74, 6) is -2.58. The first-order valence-electron chi connectivity index (χ1n) is 8.89. The van der Waals surface area contributed by atoms with Gasteiger partial charge in [0.15, 0.2) is 23.1 Å². The molecule has 0 aliphatic carbocycles. The third kappa shape index (κ3) is 4.97. The van der Waals surface area contributed by atoms with Gasteiger partial charge in [-0.15, -0.1) is 0 Å². The van der Waals surface area contributed by atoms with Crippen LogP contribution in [0.5, 0.6) is 17.2 Å². The first-order chi connectivity index (χ1) is 14.6. The Bertz CT molecular complexity index is 1290. The van der Waals surface area contributed by atoms with Gasteiger partial charge in [0, 0.05) is 24.9 Å². The Labute approximate surface area is 176 Å². The number of benzene rings is 1. The second-order valence-electron chi connectivity index (χ2n) is 6.30. The lowest BCUT2D eigenvalue weighted by molar-refractivity contribution is 0.405. The highest BCUT2D eigenvalue weighted by Crippen LogP contribution is 2.34. The van der Waals surface area contributed by atoms with Crippen molar-refractivity contribution in [1.29, 1.82) is 0 Å². The fraction of sp³-hybridized carbons (Fsp3) is 0.211. The minimum Gasteiger partial charge on any atom is -0.491 e. The first-order valence-corrected chi connectivity index (χ1v) is 10.5. The molecule has 0 fully saturated rings. The molecule has 0 saturated heterocycles. The Morgan fingerprint density at radius 3 is 2.55 bits per heavy atom. The summed E-state index contributed by atoms with van der Waals surface area (Å²) in [5, 5.41) is 0. The van der Waals surface area contributed by atoms with E-state index in [2.05, 4.69) is 14.7 Å². The van der Waals surface area contributed by atoms with Crippen molar-refractivity contribution in [1.82, 2.24) is 14.5 Å². The molecule has 3 rings (SSSR count). The van der Waals surface area contributed by atoms with Crippen LogP contribution in [0.4, 0.5) is 14.7 Å². The number of rotatable bonds is 7. The predicted molar refractivity (Wildman–Crippen MR) is 109 cm³/mol. The Kier molecular flexibility index (Phi) is 6.20. The molecule has 2 aromatic heterocycles. The number of aromatic nitrogens is 3. The van der Waals surface area contributed by atoms with Crippen LogP contribution >= 0.6 is 0 Å². The zero-order chi connectivity index (χ0) is 22.8. The Morgan fingerprint density at radius 1 is 1.16 bits per heavy atom. The van der Waals surface area contributed by atoms with E-state index in [4.69, 9.17) is 9.47 Å². The van der Waals surface area contributed by atoms with Gasteiger partial charge >= 0.3 is 0 Å². The molecular formula is C19H18F2N4O5S. The maximum Gasteiger partial charge on any atom is 0.292 e. The molecule has 0 bridgehead atoms. The van der Waals surface area contributed by atoms with Crippen molar-refractivity contribution in [3.63, 3.8) is 0 Å². The van der Waals surface area contributed by atoms with Gasteiger partial charge in [-0.2, -0.15) is 0 Å². The number of pyridine rings is 1. The summed E-state index contributed by atoms with van der Waals surface area (Å²) in [4.78, 5) is 20.2. The van der Waals surface area contributed by atoms with E-state index in [-0.39, 0.29) is 34.6 Å². The van der Waals surface area contributed by atoms with Crippen LogP contribution in [0, 0.1) is 11.6 Å². The van der Waals surface area contributed by atoms with Crippen LogP contribution in [-0.2, 0) is 17.1 Å². The van der Waals surface area contributed by atoms with E-state index in [0.717, 1.165) is 18.3 Å². The summed E-state index contributed by atoms with van der Waals surface area (Å²) < 4.78 is 65.1. The molecular weight excluding hydrogens is 434 g/mol. The molecule has 0 aliphatic heterocycles. The van der Waals surface area contributed by atoms with E-state index < -0.39 is 27.2 Å². The Balaban J connectivity index is 2.17. The summed E-state index contributed by atoms with van der Waals surface area (Å²) in [6.07, 6.45) is 2.55. The maximum absolute atomic E-state index is 14.1. The number of nitrogens with one attached hydrogen (secondary N) is 1. The molecule has 3 aromatic rings. The molecule has 0 saturated carbocycles. The molecule has 0 unspecified atom stereocenters. The largest absolute Gasteiger partial charge is 0.491 e. The summed E-state index contributed by atoms with van der Waals surface area (Å²) >= 11 is 0. The topological polar surface area (TPSA) is 112 Å². The van der Waals surface area contributed by atoms with Crippen molar-refractivity contribution in [2.24, 2.45) is 7.05 Å². The van der Waals surface area contributed by atoms with Crippen LogP contribution in [0.3, 0.4) is 0 Å². The van der Waals surface area contributed by atoms with Crippen LogP contribution in [0.15, 0.2) is 41.5 Å². The van der Waals surface area contributed by atoms with E-state index in [9.17, 15) is 22.0 Å². The van der Waals surface area contributed by atoms with E-state index >= 15 is 0 Å². The zero-order valence-electron chi connectivity index (χ0n) is 16.7. The molecule has 12 heteroatoms. The van der Waals surface area contributed by atoms with Gasteiger partial charge in [0.05, 0.1) is 19.1 Å². The van der Waals surface area contributed by atoms with Gasteiger partial charge in [0.2, 0.25) is 16.0 Å².